The van der Waals surface area contributed by atoms with Gasteiger partial charge in [0.25, 0.3) is 5.56 Å². The van der Waals surface area contributed by atoms with Gasteiger partial charge in [0.05, 0.1) is 18.1 Å². The molecule has 0 atom stereocenters. The third kappa shape index (κ3) is 2.85. The van der Waals surface area contributed by atoms with Crippen LogP contribution < -0.4 is 5.56 Å². The number of hydrogen-bond acceptors (Lipinski definition) is 6. The van der Waals surface area contributed by atoms with E-state index in [9.17, 15) is 9.59 Å². The highest BCUT2D eigenvalue weighted by molar-refractivity contribution is 7.99. The van der Waals surface area contributed by atoms with Crippen molar-refractivity contribution in [2.45, 2.75) is 12.7 Å². The fourth-order valence-electron chi connectivity index (χ4n) is 2.15. The number of hydrogen-bond donors (Lipinski definition) is 1. The highest BCUT2D eigenvalue weighted by Gasteiger charge is 2.13. The van der Waals surface area contributed by atoms with E-state index in [4.69, 9.17) is 9.15 Å². The lowest BCUT2D eigenvalue weighted by atomic mass is 10.2. The van der Waals surface area contributed by atoms with Crippen LogP contribution >= 0.6 is 11.8 Å². The molecule has 1 aromatic carbocycles. The van der Waals surface area contributed by atoms with Crippen LogP contribution in [0.5, 0.6) is 0 Å². The number of carbonyl (C=O) groups is 1. The maximum Gasteiger partial charge on any atom is 0.315 e. The van der Waals surface area contributed by atoms with Gasteiger partial charge in [0.1, 0.15) is 16.9 Å². The Labute approximate surface area is 129 Å². The largest absolute Gasteiger partial charge is 0.465 e. The molecule has 0 radical (unpaired) electrons. The Morgan fingerprint density at radius 1 is 1.41 bits per heavy atom. The first-order chi connectivity index (χ1) is 10.7. The van der Waals surface area contributed by atoms with Crippen LogP contribution in [0.1, 0.15) is 12.7 Å². The number of fused-ring (bicyclic) bond motifs is 3. The number of esters is 1. The highest BCUT2D eigenvalue weighted by atomic mass is 32.2. The zero-order valence-electron chi connectivity index (χ0n) is 11.9. The Morgan fingerprint density at radius 2 is 2.23 bits per heavy atom. The number of para-hydroxylation sites is 1. The van der Waals surface area contributed by atoms with Crippen LogP contribution in [0.2, 0.25) is 0 Å². The molecule has 7 heteroatoms. The van der Waals surface area contributed by atoms with Gasteiger partial charge < -0.3 is 14.1 Å². The number of nitrogens with one attached hydrogen (secondary N) is 1. The van der Waals surface area contributed by atoms with E-state index in [1.54, 1.807) is 13.0 Å². The number of aromatic amines is 1. The molecule has 0 bridgehead atoms. The number of carbonyl (C=O) groups excluding carboxylic acids is 1. The van der Waals surface area contributed by atoms with Crippen molar-refractivity contribution in [1.82, 2.24) is 9.97 Å². The van der Waals surface area contributed by atoms with Gasteiger partial charge in [-0.1, -0.05) is 12.1 Å². The zero-order valence-corrected chi connectivity index (χ0v) is 12.7. The van der Waals surface area contributed by atoms with E-state index < -0.39 is 0 Å². The average Bonchev–Trinajstić information content (AvgIpc) is 2.87. The van der Waals surface area contributed by atoms with Gasteiger partial charge >= 0.3 is 5.97 Å². The minimum atomic E-state index is -0.312. The van der Waals surface area contributed by atoms with Crippen LogP contribution in [0.15, 0.2) is 33.5 Å². The monoisotopic (exact) mass is 318 g/mol. The summed E-state index contributed by atoms with van der Waals surface area (Å²) in [5.41, 5.74) is 1.09. The van der Waals surface area contributed by atoms with Crippen molar-refractivity contribution in [3.05, 3.63) is 40.4 Å². The van der Waals surface area contributed by atoms with Crippen LogP contribution in [0.25, 0.3) is 22.1 Å². The van der Waals surface area contributed by atoms with E-state index in [1.807, 2.05) is 18.2 Å². The lowest BCUT2D eigenvalue weighted by Gasteiger charge is -2.02. The van der Waals surface area contributed by atoms with Gasteiger partial charge in [-0.05, 0) is 19.1 Å². The predicted molar refractivity (Wildman–Crippen MR) is 84.9 cm³/mol. The van der Waals surface area contributed by atoms with Crippen molar-refractivity contribution >= 4 is 39.8 Å². The normalized spacial score (nSPS) is 11.1. The maximum absolute atomic E-state index is 12.1. The molecule has 0 spiro atoms. The molecule has 6 nitrogen and oxygen atoms in total. The molecule has 0 aliphatic rings. The van der Waals surface area contributed by atoms with Crippen molar-refractivity contribution in [3.8, 4) is 0 Å². The first kappa shape index (κ1) is 14.6. The summed E-state index contributed by atoms with van der Waals surface area (Å²) in [6.45, 7) is 2.13. The van der Waals surface area contributed by atoms with Crippen molar-refractivity contribution in [1.29, 1.82) is 0 Å². The second-order valence-electron chi connectivity index (χ2n) is 4.59. The molecular weight excluding hydrogens is 304 g/mol. The molecule has 0 saturated carbocycles. The van der Waals surface area contributed by atoms with E-state index in [2.05, 4.69) is 9.97 Å². The third-order valence-corrected chi connectivity index (χ3v) is 3.96. The fraction of sp³-hybridized carbons (Fsp3) is 0.267. The van der Waals surface area contributed by atoms with Gasteiger partial charge in [0.2, 0.25) is 5.58 Å². The first-order valence-electron chi connectivity index (χ1n) is 6.83. The Morgan fingerprint density at radius 3 is 3.05 bits per heavy atom. The van der Waals surface area contributed by atoms with Gasteiger partial charge in [-0.2, -0.15) is 0 Å². The summed E-state index contributed by atoms with van der Waals surface area (Å²) in [7, 11) is 0. The number of rotatable bonds is 5. The van der Waals surface area contributed by atoms with E-state index in [0.29, 0.717) is 29.3 Å². The van der Waals surface area contributed by atoms with E-state index in [0.717, 1.165) is 5.39 Å². The fourth-order valence-corrected chi connectivity index (χ4v) is 2.83. The molecule has 2 aromatic heterocycles. The summed E-state index contributed by atoms with van der Waals surface area (Å²) in [5, 5.41) is 0.806. The number of furan rings is 1. The van der Waals surface area contributed by atoms with Crippen LogP contribution in [0, 0.1) is 0 Å². The van der Waals surface area contributed by atoms with Gasteiger partial charge in [0.15, 0.2) is 0 Å². The number of H-pyrrole nitrogens is 1. The zero-order chi connectivity index (χ0) is 15.5. The smallest absolute Gasteiger partial charge is 0.315 e. The third-order valence-electron chi connectivity index (χ3n) is 3.04. The van der Waals surface area contributed by atoms with E-state index in [-0.39, 0.29) is 22.9 Å². The van der Waals surface area contributed by atoms with Gasteiger partial charge in [-0.15, -0.1) is 11.8 Å². The molecule has 0 saturated heterocycles. The molecule has 1 N–H and O–H groups in total. The molecule has 0 fully saturated rings. The van der Waals surface area contributed by atoms with Crippen LogP contribution in [-0.2, 0) is 15.3 Å². The molecule has 3 rings (SSSR count). The van der Waals surface area contributed by atoms with Crippen molar-refractivity contribution < 1.29 is 13.9 Å². The maximum atomic E-state index is 12.1. The van der Waals surface area contributed by atoms with E-state index >= 15 is 0 Å². The highest BCUT2D eigenvalue weighted by Crippen LogP contribution is 2.24. The number of benzene rings is 1. The molecule has 2 heterocycles. The Hall–Kier alpha value is -2.28. The first-order valence-corrected chi connectivity index (χ1v) is 7.98. The molecule has 114 valence electrons. The number of thioether (sulfide) groups is 1. The summed E-state index contributed by atoms with van der Waals surface area (Å²) in [6, 6.07) is 7.37. The number of aromatic nitrogens is 2. The molecule has 3 aromatic rings. The van der Waals surface area contributed by atoms with Gasteiger partial charge in [-0.3, -0.25) is 9.59 Å². The minimum absolute atomic E-state index is 0.223. The Kier molecular flexibility index (Phi) is 4.15. The van der Waals surface area contributed by atoms with Crippen molar-refractivity contribution in [3.63, 3.8) is 0 Å². The summed E-state index contributed by atoms with van der Waals surface area (Å²) >= 11 is 1.34. The number of ether oxygens (including phenoxy) is 1. The van der Waals surface area contributed by atoms with Crippen LogP contribution in [0.3, 0.4) is 0 Å². The summed E-state index contributed by atoms with van der Waals surface area (Å²) in [5.74, 6) is 0.883. The van der Waals surface area contributed by atoms with Gasteiger partial charge in [0, 0.05) is 5.39 Å². The standard InChI is InChI=1S/C15H14N2O4S/c1-2-20-12(18)8-22-7-11-16-13-9-5-3-4-6-10(9)21-14(13)15(19)17-11/h3-6H,2,7-8H2,1H3,(H,16,17,19). The summed E-state index contributed by atoms with van der Waals surface area (Å²) in [4.78, 5) is 30.5. The lowest BCUT2D eigenvalue weighted by Crippen LogP contribution is -2.11. The second kappa shape index (κ2) is 6.23. The van der Waals surface area contributed by atoms with Crippen LogP contribution in [0.4, 0.5) is 0 Å². The minimum Gasteiger partial charge on any atom is -0.465 e. The second-order valence-corrected chi connectivity index (χ2v) is 5.57. The van der Waals surface area contributed by atoms with Gasteiger partial charge in [-0.25, -0.2) is 4.98 Å². The molecule has 0 aliphatic heterocycles. The van der Waals surface area contributed by atoms with Crippen LogP contribution in [-0.4, -0.2) is 28.3 Å². The van der Waals surface area contributed by atoms with Crippen molar-refractivity contribution in [2.75, 3.05) is 12.4 Å². The topological polar surface area (TPSA) is 85.2 Å². The molecule has 0 aliphatic carbocycles. The van der Waals surface area contributed by atoms with E-state index in [1.165, 1.54) is 11.8 Å². The molecule has 22 heavy (non-hydrogen) atoms. The number of nitrogens with zero attached hydrogens (tertiary/aromatic N) is 1. The summed E-state index contributed by atoms with van der Waals surface area (Å²) < 4.78 is 10.4. The quantitative estimate of drug-likeness (QED) is 0.727. The summed E-state index contributed by atoms with van der Waals surface area (Å²) in [6.07, 6.45) is 0. The SMILES string of the molecule is CCOC(=O)CSCc1nc2c(oc3ccccc32)c(=O)[nH]1. The Balaban J connectivity index is 1.87. The lowest BCUT2D eigenvalue weighted by molar-refractivity contribution is -0.139. The molecule has 0 unspecified atom stereocenters. The molecule has 0 amide bonds. The average molecular weight is 318 g/mol. The predicted octanol–water partition coefficient (Wildman–Crippen LogP) is 2.47. The Bertz CT molecular complexity index is 884. The molecular formula is C15H14N2O4S. The van der Waals surface area contributed by atoms with Crippen molar-refractivity contribution in [2.24, 2.45) is 0 Å².